The molecule has 94 valence electrons. The van der Waals surface area contributed by atoms with E-state index in [2.05, 4.69) is 43.4 Å². The third kappa shape index (κ3) is 4.04. The molecule has 1 N–H and O–H groups in total. The molecule has 0 heterocycles. The first-order chi connectivity index (χ1) is 8.31. The molecular weight excluding hydrogens is 210 g/mol. The number of hydrogen-bond acceptors (Lipinski definition) is 2. The van der Waals surface area contributed by atoms with E-state index >= 15 is 0 Å². The Bertz CT molecular complexity index is 347. The molecule has 0 amide bonds. The van der Waals surface area contributed by atoms with Crippen molar-refractivity contribution in [2.45, 2.75) is 51.7 Å². The molecule has 0 saturated heterocycles. The Morgan fingerprint density at radius 2 is 2.18 bits per heavy atom. The van der Waals surface area contributed by atoms with Gasteiger partial charge in [-0.25, -0.2) is 0 Å². The average molecular weight is 233 g/mol. The molecular formula is C15H23NO. The molecule has 2 rings (SSSR count). The van der Waals surface area contributed by atoms with Gasteiger partial charge in [0.15, 0.2) is 0 Å². The molecule has 0 aromatic heterocycles. The van der Waals surface area contributed by atoms with Crippen molar-refractivity contribution in [2.75, 3.05) is 6.54 Å². The molecule has 2 nitrogen and oxygen atoms in total. The summed E-state index contributed by atoms with van der Waals surface area (Å²) in [5, 5.41) is 3.53. The number of benzene rings is 1. The maximum absolute atomic E-state index is 6.02. The lowest BCUT2D eigenvalue weighted by atomic mass is 10.1. The van der Waals surface area contributed by atoms with Crippen LogP contribution in [0.4, 0.5) is 0 Å². The highest BCUT2D eigenvalue weighted by Gasteiger charge is 2.21. The first-order valence-corrected chi connectivity index (χ1v) is 6.80. The minimum Gasteiger partial charge on any atom is -0.489 e. The lowest BCUT2D eigenvalue weighted by Crippen LogP contribution is -2.32. The summed E-state index contributed by atoms with van der Waals surface area (Å²) in [6, 6.07) is 9.19. The van der Waals surface area contributed by atoms with E-state index in [1.54, 1.807) is 0 Å². The van der Waals surface area contributed by atoms with Gasteiger partial charge in [0.2, 0.25) is 0 Å². The van der Waals surface area contributed by atoms with Crippen molar-refractivity contribution in [1.82, 2.24) is 5.32 Å². The Hall–Kier alpha value is -1.02. The quantitative estimate of drug-likeness (QED) is 0.781. The van der Waals surface area contributed by atoms with Crippen LogP contribution in [-0.4, -0.2) is 18.7 Å². The van der Waals surface area contributed by atoms with Crippen LogP contribution in [0.1, 0.15) is 38.7 Å². The predicted molar refractivity (Wildman–Crippen MR) is 71.6 cm³/mol. The van der Waals surface area contributed by atoms with E-state index < -0.39 is 0 Å². The molecule has 0 aliphatic heterocycles. The van der Waals surface area contributed by atoms with Gasteiger partial charge in [-0.3, -0.25) is 0 Å². The van der Waals surface area contributed by atoms with Crippen LogP contribution < -0.4 is 10.1 Å². The predicted octanol–water partition coefficient (Wildman–Crippen LogP) is 3.16. The molecule has 17 heavy (non-hydrogen) atoms. The fraction of sp³-hybridized carbons (Fsp3) is 0.600. The zero-order chi connectivity index (χ0) is 12.1. The summed E-state index contributed by atoms with van der Waals surface area (Å²) in [5.41, 5.74) is 1.34. The van der Waals surface area contributed by atoms with Gasteiger partial charge < -0.3 is 10.1 Å². The highest BCUT2D eigenvalue weighted by molar-refractivity contribution is 5.28. The van der Waals surface area contributed by atoms with Crippen molar-refractivity contribution in [3.05, 3.63) is 29.8 Å². The lowest BCUT2D eigenvalue weighted by Gasteiger charge is -2.18. The maximum atomic E-state index is 6.02. The van der Waals surface area contributed by atoms with E-state index in [4.69, 9.17) is 4.74 Å². The second-order valence-electron chi connectivity index (χ2n) is 4.83. The van der Waals surface area contributed by atoms with Gasteiger partial charge in [0.1, 0.15) is 11.9 Å². The van der Waals surface area contributed by atoms with Crippen molar-refractivity contribution < 1.29 is 4.74 Å². The van der Waals surface area contributed by atoms with Crippen LogP contribution in [0.15, 0.2) is 24.3 Å². The van der Waals surface area contributed by atoms with Crippen LogP contribution in [0.2, 0.25) is 0 Å². The molecule has 1 aromatic rings. The molecule has 0 radical (unpaired) electrons. The normalized spacial score (nSPS) is 16.8. The number of nitrogens with one attached hydrogen (secondary N) is 1. The summed E-state index contributed by atoms with van der Waals surface area (Å²) in [6.45, 7) is 5.32. The van der Waals surface area contributed by atoms with Crippen LogP contribution >= 0.6 is 0 Å². The monoisotopic (exact) mass is 233 g/mol. The maximum Gasteiger partial charge on any atom is 0.120 e. The van der Waals surface area contributed by atoms with E-state index in [1.165, 1.54) is 18.4 Å². The topological polar surface area (TPSA) is 21.3 Å². The largest absolute Gasteiger partial charge is 0.489 e. The number of aryl methyl sites for hydroxylation is 1. The van der Waals surface area contributed by atoms with Crippen molar-refractivity contribution in [3.8, 4) is 5.75 Å². The highest BCUT2D eigenvalue weighted by atomic mass is 16.5. The van der Waals surface area contributed by atoms with Gasteiger partial charge in [-0.05, 0) is 43.4 Å². The van der Waals surface area contributed by atoms with Crippen LogP contribution in [-0.2, 0) is 6.42 Å². The Balaban J connectivity index is 1.86. The highest BCUT2D eigenvalue weighted by Crippen LogP contribution is 2.20. The van der Waals surface area contributed by atoms with Gasteiger partial charge in [0, 0.05) is 12.6 Å². The van der Waals surface area contributed by atoms with E-state index in [-0.39, 0.29) is 0 Å². The molecule has 1 saturated carbocycles. The number of hydrogen-bond donors (Lipinski definition) is 1. The minimum atomic E-state index is 0.294. The minimum absolute atomic E-state index is 0.294. The average Bonchev–Trinajstić information content (AvgIpc) is 3.18. The lowest BCUT2D eigenvalue weighted by molar-refractivity contribution is 0.192. The molecule has 0 spiro atoms. The van der Waals surface area contributed by atoms with Crippen LogP contribution in [0.5, 0.6) is 5.75 Å². The Kier molecular flexibility index (Phi) is 4.43. The summed E-state index contributed by atoms with van der Waals surface area (Å²) >= 11 is 0. The molecule has 1 aromatic carbocycles. The fourth-order valence-electron chi connectivity index (χ4n) is 1.89. The number of rotatable bonds is 7. The second kappa shape index (κ2) is 6.06. The first-order valence-electron chi connectivity index (χ1n) is 6.80. The molecule has 1 unspecified atom stereocenters. The van der Waals surface area contributed by atoms with Crippen molar-refractivity contribution in [2.24, 2.45) is 0 Å². The standard InChI is InChI=1S/C15H23NO/c1-3-12-6-5-7-15(10-12)17-14(4-2)11-16-13-8-9-13/h5-7,10,13-14,16H,3-4,8-9,11H2,1-2H3. The molecule has 1 fully saturated rings. The van der Waals surface area contributed by atoms with Crippen molar-refractivity contribution in [3.63, 3.8) is 0 Å². The van der Waals surface area contributed by atoms with Crippen LogP contribution in [0, 0.1) is 0 Å². The SMILES string of the molecule is CCc1cccc(OC(CC)CNC2CC2)c1. The van der Waals surface area contributed by atoms with Gasteiger partial charge in [0.25, 0.3) is 0 Å². The molecule has 1 aliphatic rings. The smallest absolute Gasteiger partial charge is 0.120 e. The Morgan fingerprint density at radius 1 is 1.35 bits per heavy atom. The number of ether oxygens (including phenoxy) is 1. The van der Waals surface area contributed by atoms with Crippen molar-refractivity contribution >= 4 is 0 Å². The summed E-state index contributed by atoms with van der Waals surface area (Å²) < 4.78 is 6.02. The van der Waals surface area contributed by atoms with Crippen LogP contribution in [0.25, 0.3) is 0 Å². The summed E-state index contributed by atoms with van der Waals surface area (Å²) in [7, 11) is 0. The van der Waals surface area contributed by atoms with E-state index in [1.807, 2.05) is 0 Å². The van der Waals surface area contributed by atoms with Gasteiger partial charge >= 0.3 is 0 Å². The first kappa shape index (κ1) is 12.4. The fourth-order valence-corrected chi connectivity index (χ4v) is 1.89. The van der Waals surface area contributed by atoms with E-state index in [0.717, 1.165) is 31.2 Å². The molecule has 0 bridgehead atoms. The summed E-state index contributed by atoms with van der Waals surface area (Å²) in [4.78, 5) is 0. The van der Waals surface area contributed by atoms with Gasteiger partial charge in [-0.1, -0.05) is 26.0 Å². The van der Waals surface area contributed by atoms with E-state index in [9.17, 15) is 0 Å². The third-order valence-corrected chi connectivity index (χ3v) is 3.28. The summed E-state index contributed by atoms with van der Waals surface area (Å²) in [5.74, 6) is 1.01. The van der Waals surface area contributed by atoms with E-state index in [0.29, 0.717) is 6.10 Å². The zero-order valence-corrected chi connectivity index (χ0v) is 10.9. The molecule has 2 heteroatoms. The zero-order valence-electron chi connectivity index (χ0n) is 10.9. The Morgan fingerprint density at radius 3 is 2.82 bits per heavy atom. The van der Waals surface area contributed by atoms with Gasteiger partial charge in [-0.2, -0.15) is 0 Å². The molecule has 1 aliphatic carbocycles. The van der Waals surface area contributed by atoms with Crippen LogP contribution in [0.3, 0.4) is 0 Å². The van der Waals surface area contributed by atoms with Gasteiger partial charge in [0.05, 0.1) is 0 Å². The third-order valence-electron chi connectivity index (χ3n) is 3.28. The van der Waals surface area contributed by atoms with Crippen molar-refractivity contribution in [1.29, 1.82) is 0 Å². The van der Waals surface area contributed by atoms with Gasteiger partial charge in [-0.15, -0.1) is 0 Å². The summed E-state index contributed by atoms with van der Waals surface area (Å²) in [6.07, 6.45) is 5.08. The molecule has 1 atom stereocenters. The Labute approximate surface area is 104 Å². The second-order valence-corrected chi connectivity index (χ2v) is 4.83.